The standard InChI is InChI=1S/C17H14N4O6/c1-2-27-14-8-10(7-13(15(14)22)21(25)26)9-18-20-16(23)11-5-3-4-6-12(11)19-17(20)24/h3-9,22H,2H2,1H3,(H,19,24). The van der Waals surface area contributed by atoms with Crippen molar-refractivity contribution in [2.45, 2.75) is 6.92 Å². The molecule has 0 atom stereocenters. The number of nitrogens with zero attached hydrogens (tertiary/aromatic N) is 3. The smallest absolute Gasteiger partial charge is 0.349 e. The number of hydrogen-bond donors (Lipinski definition) is 2. The van der Waals surface area contributed by atoms with Gasteiger partial charge in [-0.1, -0.05) is 12.1 Å². The summed E-state index contributed by atoms with van der Waals surface area (Å²) in [6.07, 6.45) is 1.10. The highest BCUT2D eigenvalue weighted by molar-refractivity contribution is 5.83. The first kappa shape index (κ1) is 17.9. The molecular weight excluding hydrogens is 356 g/mol. The number of aromatic nitrogens is 2. The van der Waals surface area contributed by atoms with Gasteiger partial charge in [0.15, 0.2) is 5.75 Å². The van der Waals surface area contributed by atoms with Crippen LogP contribution in [0, 0.1) is 10.1 Å². The first-order chi connectivity index (χ1) is 12.9. The number of phenols is 1. The fraction of sp³-hybridized carbons (Fsp3) is 0.118. The summed E-state index contributed by atoms with van der Waals surface area (Å²) in [7, 11) is 0. The summed E-state index contributed by atoms with van der Waals surface area (Å²) in [6, 6.07) is 8.82. The molecule has 0 aliphatic carbocycles. The maximum atomic E-state index is 12.4. The lowest BCUT2D eigenvalue weighted by molar-refractivity contribution is -0.386. The van der Waals surface area contributed by atoms with Crippen LogP contribution in [0.4, 0.5) is 5.69 Å². The highest BCUT2D eigenvalue weighted by Gasteiger charge is 2.19. The second-order valence-corrected chi connectivity index (χ2v) is 5.41. The predicted molar refractivity (Wildman–Crippen MR) is 97.8 cm³/mol. The van der Waals surface area contributed by atoms with Crippen molar-refractivity contribution in [3.8, 4) is 11.5 Å². The van der Waals surface area contributed by atoms with Crippen LogP contribution in [-0.4, -0.2) is 32.5 Å². The molecule has 2 aromatic carbocycles. The lowest BCUT2D eigenvalue weighted by Gasteiger charge is -2.07. The minimum atomic E-state index is -0.774. The van der Waals surface area contributed by atoms with E-state index in [1.54, 1.807) is 25.1 Å². The molecule has 0 spiro atoms. The Morgan fingerprint density at radius 2 is 2.07 bits per heavy atom. The van der Waals surface area contributed by atoms with Crippen LogP contribution in [0.5, 0.6) is 11.5 Å². The largest absolute Gasteiger partial charge is 0.500 e. The van der Waals surface area contributed by atoms with Crippen LogP contribution >= 0.6 is 0 Å². The lowest BCUT2D eigenvalue weighted by atomic mass is 10.2. The molecule has 0 saturated heterocycles. The maximum absolute atomic E-state index is 12.4. The minimum absolute atomic E-state index is 0.104. The van der Waals surface area contributed by atoms with E-state index in [9.17, 15) is 24.8 Å². The van der Waals surface area contributed by atoms with Crippen LogP contribution in [0.25, 0.3) is 10.9 Å². The van der Waals surface area contributed by atoms with Gasteiger partial charge in [0.05, 0.1) is 28.6 Å². The van der Waals surface area contributed by atoms with E-state index >= 15 is 0 Å². The third-order valence-corrected chi connectivity index (χ3v) is 3.68. The minimum Gasteiger partial charge on any atom is -0.500 e. The highest BCUT2D eigenvalue weighted by Crippen LogP contribution is 2.36. The first-order valence-corrected chi connectivity index (χ1v) is 7.85. The zero-order valence-electron chi connectivity index (χ0n) is 14.1. The zero-order valence-corrected chi connectivity index (χ0v) is 14.1. The van der Waals surface area contributed by atoms with Crippen molar-refractivity contribution >= 4 is 22.8 Å². The van der Waals surface area contributed by atoms with Crippen molar-refractivity contribution < 1.29 is 14.8 Å². The van der Waals surface area contributed by atoms with Crippen molar-refractivity contribution in [1.82, 2.24) is 9.66 Å². The number of phenolic OH excluding ortho intramolecular Hbond substituents is 1. The van der Waals surface area contributed by atoms with Crippen LogP contribution in [0.2, 0.25) is 0 Å². The summed E-state index contributed by atoms with van der Waals surface area (Å²) < 4.78 is 5.79. The topological polar surface area (TPSA) is 140 Å². The molecule has 0 saturated carbocycles. The molecule has 0 aliphatic heterocycles. The third kappa shape index (κ3) is 3.40. The molecule has 10 heteroatoms. The number of H-pyrrole nitrogens is 1. The lowest BCUT2D eigenvalue weighted by Crippen LogP contribution is -2.32. The molecule has 3 rings (SSSR count). The Morgan fingerprint density at radius 3 is 2.78 bits per heavy atom. The van der Waals surface area contributed by atoms with Crippen LogP contribution in [0.15, 0.2) is 51.1 Å². The van der Waals surface area contributed by atoms with Gasteiger partial charge in [0.2, 0.25) is 5.75 Å². The van der Waals surface area contributed by atoms with E-state index in [0.717, 1.165) is 12.3 Å². The van der Waals surface area contributed by atoms with Crippen molar-refractivity contribution in [2.24, 2.45) is 5.10 Å². The predicted octanol–water partition coefficient (Wildman–Crippen LogP) is 1.58. The summed E-state index contributed by atoms with van der Waals surface area (Å²) in [4.78, 5) is 37.4. The summed E-state index contributed by atoms with van der Waals surface area (Å²) in [5.74, 6) is -0.715. The third-order valence-electron chi connectivity index (χ3n) is 3.68. The Balaban J connectivity index is 2.11. The summed E-state index contributed by atoms with van der Waals surface area (Å²) in [6.45, 7) is 1.83. The fourth-order valence-electron chi connectivity index (χ4n) is 2.48. The normalized spacial score (nSPS) is 11.1. The quantitative estimate of drug-likeness (QED) is 0.397. The molecular formula is C17H14N4O6. The van der Waals surface area contributed by atoms with E-state index < -0.39 is 27.6 Å². The first-order valence-electron chi connectivity index (χ1n) is 7.85. The van der Waals surface area contributed by atoms with Gasteiger partial charge in [0.25, 0.3) is 5.56 Å². The molecule has 1 aromatic heterocycles. The molecule has 27 heavy (non-hydrogen) atoms. The summed E-state index contributed by atoms with van der Waals surface area (Å²) in [5.41, 5.74) is -1.43. The second-order valence-electron chi connectivity index (χ2n) is 5.41. The Kier molecular flexibility index (Phi) is 4.71. The number of fused-ring (bicyclic) bond motifs is 1. The Hall–Kier alpha value is -3.95. The number of ether oxygens (including phenoxy) is 1. The molecule has 0 amide bonds. The number of para-hydroxylation sites is 1. The molecule has 0 radical (unpaired) electrons. The molecule has 2 N–H and O–H groups in total. The number of nitro benzene ring substituents is 1. The van der Waals surface area contributed by atoms with Gasteiger partial charge in [-0.25, -0.2) is 4.79 Å². The summed E-state index contributed by atoms with van der Waals surface area (Å²) >= 11 is 0. The number of rotatable bonds is 5. The average molecular weight is 370 g/mol. The maximum Gasteiger partial charge on any atom is 0.349 e. The number of nitro groups is 1. The van der Waals surface area contributed by atoms with Crippen LogP contribution in [0.3, 0.4) is 0 Å². The molecule has 3 aromatic rings. The molecule has 0 bridgehead atoms. The number of aromatic hydroxyl groups is 1. The summed E-state index contributed by atoms with van der Waals surface area (Å²) in [5, 5.41) is 25.1. The van der Waals surface area contributed by atoms with E-state index in [4.69, 9.17) is 4.74 Å². The van der Waals surface area contributed by atoms with Gasteiger partial charge in [-0.2, -0.15) is 5.10 Å². The SMILES string of the molecule is CCOc1cc(C=Nn2c(=O)[nH]c3ccccc3c2=O)cc([N+](=O)[O-])c1O. The van der Waals surface area contributed by atoms with E-state index in [1.165, 1.54) is 12.1 Å². The molecule has 0 fully saturated rings. The molecule has 0 unspecified atom stereocenters. The number of benzene rings is 2. The number of nitrogens with one attached hydrogen (secondary N) is 1. The monoisotopic (exact) mass is 370 g/mol. The fourth-order valence-corrected chi connectivity index (χ4v) is 2.48. The van der Waals surface area contributed by atoms with E-state index in [1.807, 2.05) is 0 Å². The van der Waals surface area contributed by atoms with E-state index in [2.05, 4.69) is 10.1 Å². The van der Waals surface area contributed by atoms with Crippen molar-refractivity contribution in [3.63, 3.8) is 0 Å². The molecule has 10 nitrogen and oxygen atoms in total. The van der Waals surface area contributed by atoms with Crippen LogP contribution in [-0.2, 0) is 0 Å². The molecule has 138 valence electrons. The van der Waals surface area contributed by atoms with Crippen LogP contribution in [0.1, 0.15) is 12.5 Å². The second kappa shape index (κ2) is 7.12. The Bertz CT molecular complexity index is 1180. The van der Waals surface area contributed by atoms with Gasteiger partial charge in [0, 0.05) is 11.6 Å². The molecule has 0 aliphatic rings. The van der Waals surface area contributed by atoms with Gasteiger partial charge in [-0.05, 0) is 25.1 Å². The number of aromatic amines is 1. The highest BCUT2D eigenvalue weighted by atomic mass is 16.6. The van der Waals surface area contributed by atoms with Crippen molar-refractivity contribution in [2.75, 3.05) is 6.61 Å². The van der Waals surface area contributed by atoms with E-state index in [-0.39, 0.29) is 23.3 Å². The zero-order chi connectivity index (χ0) is 19.6. The van der Waals surface area contributed by atoms with Crippen molar-refractivity contribution in [1.29, 1.82) is 0 Å². The average Bonchev–Trinajstić information content (AvgIpc) is 2.63. The van der Waals surface area contributed by atoms with Gasteiger partial charge in [-0.15, -0.1) is 4.68 Å². The molecule has 1 heterocycles. The van der Waals surface area contributed by atoms with Gasteiger partial charge >= 0.3 is 11.4 Å². The van der Waals surface area contributed by atoms with Gasteiger partial charge < -0.3 is 14.8 Å². The van der Waals surface area contributed by atoms with Crippen LogP contribution < -0.4 is 16.0 Å². The van der Waals surface area contributed by atoms with E-state index in [0.29, 0.717) is 10.2 Å². The van der Waals surface area contributed by atoms with Gasteiger partial charge in [-0.3, -0.25) is 14.9 Å². The Labute approximate surface area is 151 Å². The van der Waals surface area contributed by atoms with Gasteiger partial charge in [0.1, 0.15) is 0 Å². The number of hydrogen-bond acceptors (Lipinski definition) is 7. The van der Waals surface area contributed by atoms with Crippen molar-refractivity contribution in [3.05, 3.63) is 72.9 Å². The Morgan fingerprint density at radius 1 is 1.33 bits per heavy atom.